The summed E-state index contributed by atoms with van der Waals surface area (Å²) < 4.78 is 39.6. The summed E-state index contributed by atoms with van der Waals surface area (Å²) in [7, 11) is -0.963. The van der Waals surface area contributed by atoms with Gasteiger partial charge in [0.2, 0.25) is 10.0 Å². The zero-order valence-corrected chi connectivity index (χ0v) is 23.1. The van der Waals surface area contributed by atoms with Crippen LogP contribution in [-0.4, -0.2) is 50.6 Å². The van der Waals surface area contributed by atoms with Gasteiger partial charge in [-0.2, -0.15) is 4.31 Å². The molecule has 4 aromatic rings. The molecule has 10 heteroatoms. The van der Waals surface area contributed by atoms with Crippen molar-refractivity contribution in [3.05, 3.63) is 71.4 Å². The molecule has 5 rings (SSSR count). The first-order valence-corrected chi connectivity index (χ1v) is 14.1. The number of methoxy groups -OCH3 is 1. The monoisotopic (exact) mass is 553 g/mol. The molecule has 0 unspecified atom stereocenters. The number of ether oxygens (including phenoxy) is 1. The van der Waals surface area contributed by atoms with E-state index in [2.05, 4.69) is 19.0 Å². The minimum Gasteiger partial charge on any atom is -0.464 e. The number of carbonyl (C=O) groups excluding carboxylic acids is 1. The molecule has 0 fully saturated rings. The second-order valence-corrected chi connectivity index (χ2v) is 12.2. The fraction of sp³-hybridized carbons (Fsp3) is 0.286. The zero-order chi connectivity index (χ0) is 27.2. The fourth-order valence-electron chi connectivity index (χ4n) is 4.93. The van der Waals surface area contributed by atoms with Crippen molar-refractivity contribution in [3.8, 4) is 11.1 Å². The number of likely N-dealkylation sites (N-methyl/N-ethyl adjacent to an activating group) is 1. The average Bonchev–Trinajstić information content (AvgIpc) is 3.30. The lowest BCUT2D eigenvalue weighted by Crippen LogP contribution is -2.41. The van der Waals surface area contributed by atoms with E-state index in [4.69, 9.17) is 20.9 Å². The summed E-state index contributed by atoms with van der Waals surface area (Å²) in [5.41, 5.74) is 2.96. The minimum absolute atomic E-state index is 0.0365. The van der Waals surface area contributed by atoms with Crippen LogP contribution in [0.5, 0.6) is 0 Å². The lowest BCUT2D eigenvalue weighted by molar-refractivity contribution is 0.0591. The predicted molar refractivity (Wildman–Crippen MR) is 147 cm³/mol. The third kappa shape index (κ3) is 4.55. The molecule has 0 radical (unpaired) electrons. The predicted octanol–water partition coefficient (Wildman–Crippen LogP) is 6.12. The van der Waals surface area contributed by atoms with E-state index in [1.807, 2.05) is 35.2 Å². The van der Waals surface area contributed by atoms with Crippen molar-refractivity contribution in [3.63, 3.8) is 0 Å². The van der Waals surface area contributed by atoms with Gasteiger partial charge < -0.3 is 14.2 Å². The Balaban J connectivity index is 1.72. The highest BCUT2D eigenvalue weighted by Crippen LogP contribution is 2.43. The average molecular weight is 554 g/mol. The molecular formula is C28H28ClN3O5S. The smallest absolute Gasteiger partial charge is 0.360 e. The van der Waals surface area contributed by atoms with E-state index >= 15 is 0 Å². The van der Waals surface area contributed by atoms with Crippen LogP contribution < -0.4 is 4.90 Å². The maximum absolute atomic E-state index is 14.0. The van der Waals surface area contributed by atoms with Crippen molar-refractivity contribution < 1.29 is 22.5 Å². The van der Waals surface area contributed by atoms with Crippen LogP contribution in [0.2, 0.25) is 5.02 Å². The van der Waals surface area contributed by atoms with Crippen molar-refractivity contribution in [1.29, 1.82) is 0 Å². The summed E-state index contributed by atoms with van der Waals surface area (Å²) in [5.74, 6) is -0.331. The van der Waals surface area contributed by atoms with Crippen LogP contribution in [0.1, 0.15) is 30.8 Å². The highest BCUT2D eigenvalue weighted by Gasteiger charge is 2.38. The Kier molecular flexibility index (Phi) is 6.94. The van der Waals surface area contributed by atoms with Crippen LogP contribution in [0.4, 0.5) is 11.4 Å². The largest absolute Gasteiger partial charge is 0.464 e. The van der Waals surface area contributed by atoms with Crippen molar-refractivity contribution in [2.24, 2.45) is 5.92 Å². The topological polar surface area (TPSA) is 92.9 Å². The number of rotatable bonds is 5. The van der Waals surface area contributed by atoms with E-state index in [9.17, 15) is 13.2 Å². The van der Waals surface area contributed by atoms with Gasteiger partial charge in [0.15, 0.2) is 11.3 Å². The molecule has 0 saturated carbocycles. The van der Waals surface area contributed by atoms with Crippen LogP contribution in [0.15, 0.2) is 70.1 Å². The van der Waals surface area contributed by atoms with Crippen molar-refractivity contribution >= 4 is 49.9 Å². The molecule has 1 aliphatic rings. The summed E-state index contributed by atoms with van der Waals surface area (Å²) >= 11 is 6.84. The Labute approximate surface area is 226 Å². The number of aromatic nitrogens is 1. The van der Waals surface area contributed by atoms with E-state index < -0.39 is 16.0 Å². The Hall–Kier alpha value is -3.40. The molecule has 1 atom stereocenters. The van der Waals surface area contributed by atoms with Gasteiger partial charge in [-0.25, -0.2) is 13.2 Å². The van der Waals surface area contributed by atoms with Gasteiger partial charge >= 0.3 is 5.97 Å². The maximum atomic E-state index is 14.0. The van der Waals surface area contributed by atoms with Crippen LogP contribution in [0, 0.1) is 5.92 Å². The third-order valence-corrected chi connectivity index (χ3v) is 9.13. The van der Waals surface area contributed by atoms with E-state index in [1.54, 1.807) is 37.4 Å². The number of carbonyl (C=O) groups is 1. The highest BCUT2D eigenvalue weighted by molar-refractivity contribution is 7.89. The molecule has 0 saturated heterocycles. The Morgan fingerprint density at radius 1 is 1.16 bits per heavy atom. The van der Waals surface area contributed by atoms with Crippen molar-refractivity contribution in [2.75, 3.05) is 25.6 Å². The molecule has 0 aliphatic carbocycles. The lowest BCUT2D eigenvalue weighted by atomic mass is 10.0. The minimum atomic E-state index is -3.87. The number of benzene rings is 3. The van der Waals surface area contributed by atoms with Gasteiger partial charge in [-0.3, -0.25) is 0 Å². The number of esters is 1. The summed E-state index contributed by atoms with van der Waals surface area (Å²) in [6, 6.07) is 17.9. The van der Waals surface area contributed by atoms with Crippen LogP contribution in [0.3, 0.4) is 0 Å². The summed E-state index contributed by atoms with van der Waals surface area (Å²) in [6.45, 7) is 4.66. The summed E-state index contributed by atoms with van der Waals surface area (Å²) in [4.78, 5) is 14.4. The van der Waals surface area contributed by atoms with Crippen molar-refractivity contribution in [1.82, 2.24) is 9.46 Å². The van der Waals surface area contributed by atoms with E-state index in [1.165, 1.54) is 11.4 Å². The van der Waals surface area contributed by atoms with Crippen LogP contribution in [0.25, 0.3) is 22.1 Å². The molecule has 3 aromatic carbocycles. The molecular weight excluding hydrogens is 526 g/mol. The molecule has 1 aromatic heterocycles. The van der Waals surface area contributed by atoms with Gasteiger partial charge in [0, 0.05) is 30.9 Å². The number of fused-ring (bicyclic) bond motifs is 2. The number of hydrogen-bond donors (Lipinski definition) is 0. The second kappa shape index (κ2) is 10.1. The standard InChI is InChI=1S/C28H28ClN3O5S/c1-17(2)12-20-16-32(19-8-6-5-7-9-19)24-15-23(29)21(14-26(24)38(34,35)31(20)3)18-10-11-25-22(13-18)27(30-37-25)28(33)36-4/h5-11,13-15,17,20H,12,16H2,1-4H3/t20-/m1/s1. The summed E-state index contributed by atoms with van der Waals surface area (Å²) in [6.07, 6.45) is 0.702. The highest BCUT2D eigenvalue weighted by atomic mass is 35.5. The van der Waals surface area contributed by atoms with Gasteiger partial charge in [0.1, 0.15) is 4.90 Å². The number of sulfonamides is 1. The van der Waals surface area contributed by atoms with Gasteiger partial charge in [-0.15, -0.1) is 0 Å². The maximum Gasteiger partial charge on any atom is 0.360 e. The first-order valence-electron chi connectivity index (χ1n) is 12.2. The molecule has 2 heterocycles. The quantitative estimate of drug-likeness (QED) is 0.275. The number of nitrogens with zero attached hydrogens (tertiary/aromatic N) is 3. The molecule has 198 valence electrons. The Bertz CT molecular complexity index is 1620. The number of anilines is 2. The van der Waals surface area contributed by atoms with Gasteiger partial charge in [0.25, 0.3) is 0 Å². The number of halogens is 1. The lowest BCUT2D eigenvalue weighted by Gasteiger charge is -2.30. The molecule has 0 bridgehead atoms. The van der Waals surface area contributed by atoms with Crippen LogP contribution >= 0.6 is 11.6 Å². The Morgan fingerprint density at radius 3 is 2.58 bits per heavy atom. The second-order valence-electron chi connectivity index (χ2n) is 9.78. The van der Waals surface area contributed by atoms with Gasteiger partial charge in [-0.05, 0) is 54.3 Å². The Morgan fingerprint density at radius 2 is 1.89 bits per heavy atom. The SMILES string of the molecule is COC(=O)c1noc2ccc(-c3cc4c(cc3Cl)N(c3ccccc3)C[C@@H](CC(C)C)N(C)S4(=O)=O)cc12. The molecule has 8 nitrogen and oxygen atoms in total. The van der Waals surface area contributed by atoms with E-state index in [-0.39, 0.29) is 16.6 Å². The van der Waals surface area contributed by atoms with Crippen molar-refractivity contribution in [2.45, 2.75) is 31.2 Å². The fourth-order valence-corrected chi connectivity index (χ4v) is 6.75. The summed E-state index contributed by atoms with van der Waals surface area (Å²) in [5, 5.41) is 4.65. The number of para-hydroxylation sites is 1. The van der Waals surface area contributed by atoms with Gasteiger partial charge in [0.05, 0.1) is 23.2 Å². The number of hydrogen-bond acceptors (Lipinski definition) is 7. The molecule has 1 aliphatic heterocycles. The normalized spacial score (nSPS) is 17.4. The molecule has 0 N–H and O–H groups in total. The first-order chi connectivity index (χ1) is 18.1. The third-order valence-electron chi connectivity index (χ3n) is 6.88. The zero-order valence-electron chi connectivity index (χ0n) is 21.5. The molecule has 0 spiro atoms. The molecule has 0 amide bonds. The van der Waals surface area contributed by atoms with Gasteiger partial charge in [-0.1, -0.05) is 54.9 Å². The first kappa shape index (κ1) is 26.2. The van der Waals surface area contributed by atoms with E-state index in [0.717, 1.165) is 5.69 Å². The van der Waals surface area contributed by atoms with Crippen LogP contribution in [-0.2, 0) is 14.8 Å². The van der Waals surface area contributed by atoms with E-state index in [0.29, 0.717) is 51.7 Å². The molecule has 38 heavy (non-hydrogen) atoms.